The molecule has 3 rings (SSSR count). The number of carbonyl (C=O) groups excluding carboxylic acids is 3. The fraction of sp³-hybridized carbons (Fsp3) is 0.143. The molecule has 1 heterocycles. The average Bonchev–Trinajstić information content (AvgIpc) is 2.74. The van der Waals surface area contributed by atoms with E-state index in [1.807, 2.05) is 24.3 Å². The third-order valence-corrected chi connectivity index (χ3v) is 4.40. The number of para-hydroxylation sites is 1. The fourth-order valence-electron chi connectivity index (χ4n) is 3.06. The number of amides is 1. The molecule has 0 saturated heterocycles. The van der Waals surface area contributed by atoms with Gasteiger partial charge in [-0.15, -0.1) is 0 Å². The maximum atomic E-state index is 13.2. The summed E-state index contributed by atoms with van der Waals surface area (Å²) in [4.78, 5) is 41.6. The number of fused-ring (bicyclic) bond motifs is 1. The molecule has 0 bridgehead atoms. The number of nitrogens with zero attached hydrogens (tertiary/aromatic N) is 3. The zero-order valence-electron chi connectivity index (χ0n) is 15.1. The summed E-state index contributed by atoms with van der Waals surface area (Å²) in [5.74, 6) is -2.04. The van der Waals surface area contributed by atoms with Crippen molar-refractivity contribution in [3.8, 4) is 0 Å². The van der Waals surface area contributed by atoms with Crippen LogP contribution in [0.15, 0.2) is 60.7 Å². The highest BCUT2D eigenvalue weighted by Crippen LogP contribution is 2.31. The first-order valence-corrected chi connectivity index (χ1v) is 8.56. The van der Waals surface area contributed by atoms with E-state index in [0.29, 0.717) is 11.3 Å². The lowest BCUT2D eigenvalue weighted by molar-refractivity contribution is -0.139. The summed E-state index contributed by atoms with van der Waals surface area (Å²) in [5.41, 5.74) is 10.2. The number of rotatable bonds is 5. The predicted molar refractivity (Wildman–Crippen MR) is 103 cm³/mol. The fourth-order valence-corrected chi connectivity index (χ4v) is 3.06. The number of esters is 1. The van der Waals surface area contributed by atoms with Crippen LogP contribution >= 0.6 is 0 Å². The first-order chi connectivity index (χ1) is 13.6. The predicted octanol–water partition coefficient (Wildman–Crippen LogP) is 2.53. The molecular formula is C21H17N3O4. The lowest BCUT2D eigenvalue weighted by Gasteiger charge is -2.33. The minimum atomic E-state index is -1.03. The van der Waals surface area contributed by atoms with E-state index in [0.717, 1.165) is 12.7 Å². The minimum Gasteiger partial charge on any atom is -0.460 e. The van der Waals surface area contributed by atoms with Crippen molar-refractivity contribution >= 4 is 35.1 Å². The number of methoxy groups -OCH3 is 1. The van der Waals surface area contributed by atoms with Crippen molar-refractivity contribution in [2.75, 3.05) is 12.0 Å². The third-order valence-electron chi connectivity index (χ3n) is 4.40. The summed E-state index contributed by atoms with van der Waals surface area (Å²) in [5, 5.41) is 0. The van der Waals surface area contributed by atoms with Crippen molar-refractivity contribution in [3.05, 3.63) is 77.3 Å². The molecule has 0 radical (unpaired) electrons. The molecule has 0 fully saturated rings. The van der Waals surface area contributed by atoms with Gasteiger partial charge in [0, 0.05) is 12.0 Å². The number of Topliss-reactive ketones (excluding diaryl/α,β-unsaturated/α-hetero) is 1. The number of carbonyl (C=O) groups is 3. The van der Waals surface area contributed by atoms with Crippen molar-refractivity contribution in [1.82, 2.24) is 0 Å². The van der Waals surface area contributed by atoms with Gasteiger partial charge in [0.05, 0.1) is 18.8 Å². The van der Waals surface area contributed by atoms with Crippen molar-refractivity contribution in [2.45, 2.75) is 12.5 Å². The molecule has 0 aromatic heterocycles. The molecule has 2 aromatic carbocycles. The van der Waals surface area contributed by atoms with E-state index in [9.17, 15) is 14.4 Å². The number of hydrogen-bond acceptors (Lipinski definition) is 4. The van der Waals surface area contributed by atoms with Crippen molar-refractivity contribution in [2.24, 2.45) is 0 Å². The molecule has 1 aliphatic rings. The molecule has 1 unspecified atom stereocenters. The molecule has 0 aliphatic carbocycles. The molecule has 2 aromatic rings. The Morgan fingerprint density at radius 2 is 1.75 bits per heavy atom. The van der Waals surface area contributed by atoms with Crippen LogP contribution in [0, 0.1) is 0 Å². The Bertz CT molecular complexity index is 1010. The minimum absolute atomic E-state index is 0.238. The summed E-state index contributed by atoms with van der Waals surface area (Å²) in [6.07, 6.45) is 3.29. The SMILES string of the molecule is COC(=O)C(=[N+]=[N-])C(=O)CC1C=Cc2ccccc2N1C(=O)c1ccccc1. The van der Waals surface area contributed by atoms with Gasteiger partial charge in [-0.05, 0) is 23.8 Å². The highest BCUT2D eigenvalue weighted by atomic mass is 16.5. The highest BCUT2D eigenvalue weighted by molar-refractivity contribution is 6.62. The van der Waals surface area contributed by atoms with E-state index >= 15 is 0 Å². The largest absolute Gasteiger partial charge is 0.460 e. The molecule has 0 N–H and O–H groups in total. The second-order valence-electron chi connectivity index (χ2n) is 6.09. The first kappa shape index (κ1) is 18.9. The Balaban J connectivity index is 1.98. The summed E-state index contributed by atoms with van der Waals surface area (Å²) in [6.45, 7) is 0. The van der Waals surface area contributed by atoms with E-state index in [2.05, 4.69) is 9.53 Å². The van der Waals surface area contributed by atoms with Crippen LogP contribution in [-0.2, 0) is 14.3 Å². The molecule has 1 amide bonds. The molecule has 7 heteroatoms. The topological polar surface area (TPSA) is 100 Å². The highest BCUT2D eigenvalue weighted by Gasteiger charge is 2.36. The Hall–Kier alpha value is -3.83. The molecule has 7 nitrogen and oxygen atoms in total. The van der Waals surface area contributed by atoms with Crippen LogP contribution in [-0.4, -0.2) is 41.3 Å². The van der Waals surface area contributed by atoms with Gasteiger partial charge in [0.1, 0.15) is 0 Å². The second kappa shape index (κ2) is 8.24. The van der Waals surface area contributed by atoms with Crippen molar-refractivity contribution < 1.29 is 23.9 Å². The quantitative estimate of drug-likeness (QED) is 0.263. The van der Waals surface area contributed by atoms with Crippen LogP contribution in [0.1, 0.15) is 22.3 Å². The van der Waals surface area contributed by atoms with Crippen LogP contribution in [0.3, 0.4) is 0 Å². The van der Waals surface area contributed by atoms with E-state index in [1.54, 1.807) is 42.5 Å². The molecular weight excluding hydrogens is 358 g/mol. The van der Waals surface area contributed by atoms with Gasteiger partial charge < -0.3 is 15.2 Å². The number of benzene rings is 2. The van der Waals surface area contributed by atoms with Gasteiger partial charge in [-0.25, -0.2) is 4.79 Å². The van der Waals surface area contributed by atoms with Crippen LogP contribution in [0.4, 0.5) is 5.69 Å². The lowest BCUT2D eigenvalue weighted by atomic mass is 9.96. The van der Waals surface area contributed by atoms with Crippen LogP contribution in [0.5, 0.6) is 0 Å². The summed E-state index contributed by atoms with van der Waals surface area (Å²) in [6, 6.07) is 15.4. The number of hydrogen-bond donors (Lipinski definition) is 0. The number of ether oxygens (including phenoxy) is 1. The molecule has 28 heavy (non-hydrogen) atoms. The van der Waals surface area contributed by atoms with Gasteiger partial charge >= 0.3 is 11.7 Å². The lowest BCUT2D eigenvalue weighted by Crippen LogP contribution is -2.44. The van der Waals surface area contributed by atoms with Gasteiger partial charge in [-0.3, -0.25) is 9.59 Å². The van der Waals surface area contributed by atoms with E-state index in [4.69, 9.17) is 5.53 Å². The van der Waals surface area contributed by atoms with Crippen LogP contribution in [0.25, 0.3) is 11.6 Å². The van der Waals surface area contributed by atoms with Gasteiger partial charge in [0.2, 0.25) is 0 Å². The monoisotopic (exact) mass is 375 g/mol. The maximum absolute atomic E-state index is 13.2. The third kappa shape index (κ3) is 3.65. The summed E-state index contributed by atoms with van der Waals surface area (Å²) in [7, 11) is 1.09. The zero-order valence-corrected chi connectivity index (χ0v) is 15.1. The number of ketones is 1. The molecule has 1 atom stereocenters. The molecule has 0 saturated carbocycles. The standard InChI is InChI=1S/C21H17N3O4/c1-28-21(27)19(23-22)18(25)13-16-12-11-14-7-5-6-10-17(14)24(16)20(26)15-8-3-2-4-9-15/h2-12,16H,13H2,1H3. The van der Waals surface area contributed by atoms with Gasteiger partial charge in [0.25, 0.3) is 11.7 Å². The normalized spacial score (nSPS) is 14.6. The van der Waals surface area contributed by atoms with Crippen molar-refractivity contribution in [3.63, 3.8) is 0 Å². The van der Waals surface area contributed by atoms with E-state index < -0.39 is 23.5 Å². The second-order valence-corrected chi connectivity index (χ2v) is 6.09. The maximum Gasteiger partial charge on any atom is 0.441 e. The number of anilines is 1. The molecule has 140 valence electrons. The average molecular weight is 375 g/mol. The molecule has 1 aliphatic heterocycles. The van der Waals surface area contributed by atoms with E-state index in [-0.39, 0.29) is 12.3 Å². The van der Waals surface area contributed by atoms with Gasteiger partial charge in [-0.1, -0.05) is 48.6 Å². The van der Waals surface area contributed by atoms with Crippen LogP contribution in [0.2, 0.25) is 0 Å². The van der Waals surface area contributed by atoms with E-state index in [1.165, 1.54) is 4.90 Å². The smallest absolute Gasteiger partial charge is 0.441 e. The Morgan fingerprint density at radius 1 is 1.07 bits per heavy atom. The van der Waals surface area contributed by atoms with Crippen molar-refractivity contribution in [1.29, 1.82) is 0 Å². The van der Waals surface area contributed by atoms with Gasteiger partial charge in [-0.2, -0.15) is 4.79 Å². The first-order valence-electron chi connectivity index (χ1n) is 8.56. The van der Waals surface area contributed by atoms with Gasteiger partial charge in [0.15, 0.2) is 0 Å². The van der Waals surface area contributed by atoms with Crippen LogP contribution < -0.4 is 4.90 Å². The summed E-state index contributed by atoms with van der Waals surface area (Å²) >= 11 is 0. The molecule has 0 spiro atoms. The zero-order chi connectivity index (χ0) is 20.1. The Labute approximate surface area is 161 Å². The summed E-state index contributed by atoms with van der Waals surface area (Å²) < 4.78 is 4.46. The Kier molecular flexibility index (Phi) is 5.58. The Morgan fingerprint density at radius 3 is 2.43 bits per heavy atom.